The van der Waals surface area contributed by atoms with Crippen LogP contribution in [0.3, 0.4) is 0 Å². The number of ether oxygens (including phenoxy) is 1. The Morgan fingerprint density at radius 1 is 1.73 bits per heavy atom. The van der Waals surface area contributed by atoms with Crippen molar-refractivity contribution in [3.8, 4) is 5.88 Å². The second-order valence-electron chi connectivity index (χ2n) is 2.37. The van der Waals surface area contributed by atoms with Gasteiger partial charge in [0, 0.05) is 13.3 Å². The number of rotatable bonds is 3. The highest BCUT2D eigenvalue weighted by Crippen LogP contribution is 2.19. The van der Waals surface area contributed by atoms with Crippen LogP contribution in [0.5, 0.6) is 5.88 Å². The topological polar surface area (TPSA) is 34.4 Å². The molecule has 3 nitrogen and oxygen atoms in total. The van der Waals surface area contributed by atoms with Gasteiger partial charge in [0.2, 0.25) is 0 Å². The third kappa shape index (κ3) is 1.54. The molecule has 0 radical (unpaired) electrons. The zero-order chi connectivity index (χ0) is 8.27. The molecule has 1 aromatic heterocycles. The maximum Gasteiger partial charge on any atom is 0.193 e. The molecule has 1 N–H and O–H groups in total. The molecule has 0 aliphatic carbocycles. The van der Waals surface area contributed by atoms with Crippen molar-refractivity contribution in [3.05, 3.63) is 18.3 Å². The third-order valence-electron chi connectivity index (χ3n) is 1.69. The molecule has 0 fully saturated rings. The van der Waals surface area contributed by atoms with Crippen molar-refractivity contribution in [3.63, 3.8) is 0 Å². The average Bonchev–Trinajstić information content (AvgIpc) is 2.40. The molecular formula is C8H13NO2. The van der Waals surface area contributed by atoms with Crippen LogP contribution in [-0.2, 0) is 4.74 Å². The maximum absolute atomic E-state index is 9.27. The van der Waals surface area contributed by atoms with Crippen molar-refractivity contribution in [1.29, 1.82) is 0 Å². The molecule has 11 heavy (non-hydrogen) atoms. The van der Waals surface area contributed by atoms with Gasteiger partial charge in [0.1, 0.15) is 6.23 Å². The summed E-state index contributed by atoms with van der Waals surface area (Å²) < 4.78 is 6.82. The number of methoxy groups -OCH3 is 1. The lowest BCUT2D eigenvalue weighted by Gasteiger charge is -2.15. The second-order valence-corrected chi connectivity index (χ2v) is 2.37. The van der Waals surface area contributed by atoms with Gasteiger partial charge in [0.05, 0.1) is 0 Å². The first-order chi connectivity index (χ1) is 5.29. The minimum Gasteiger partial charge on any atom is -0.494 e. The van der Waals surface area contributed by atoms with Crippen LogP contribution >= 0.6 is 0 Å². The zero-order valence-corrected chi connectivity index (χ0v) is 6.82. The molecule has 1 heterocycles. The quantitative estimate of drug-likeness (QED) is 0.721. The lowest BCUT2D eigenvalue weighted by molar-refractivity contribution is 0.0358. The Hall–Kier alpha value is -0.960. The summed E-state index contributed by atoms with van der Waals surface area (Å²) in [5.74, 6) is 0.249. The Labute approximate surface area is 66.2 Å². The molecule has 0 saturated carbocycles. The minimum atomic E-state index is -0.0509. The Morgan fingerprint density at radius 3 is 2.82 bits per heavy atom. The van der Waals surface area contributed by atoms with E-state index in [-0.39, 0.29) is 12.1 Å². The largest absolute Gasteiger partial charge is 0.494 e. The summed E-state index contributed by atoms with van der Waals surface area (Å²) in [6.07, 6.45) is 2.59. The number of nitrogens with zero attached hydrogens (tertiary/aromatic N) is 1. The van der Waals surface area contributed by atoms with Gasteiger partial charge in [0.15, 0.2) is 5.88 Å². The van der Waals surface area contributed by atoms with E-state index in [0.29, 0.717) is 0 Å². The van der Waals surface area contributed by atoms with E-state index in [9.17, 15) is 5.11 Å². The molecule has 1 rings (SSSR count). The molecule has 62 valence electrons. The van der Waals surface area contributed by atoms with Gasteiger partial charge in [-0.05, 0) is 18.6 Å². The molecule has 0 aliphatic rings. The van der Waals surface area contributed by atoms with Gasteiger partial charge in [-0.3, -0.25) is 4.57 Å². The highest BCUT2D eigenvalue weighted by molar-refractivity contribution is 5.11. The summed E-state index contributed by atoms with van der Waals surface area (Å²) in [6.45, 7) is 2.01. The first-order valence-corrected chi connectivity index (χ1v) is 3.68. The maximum atomic E-state index is 9.27. The Kier molecular flexibility index (Phi) is 2.54. The summed E-state index contributed by atoms with van der Waals surface area (Å²) >= 11 is 0. The molecule has 0 spiro atoms. The van der Waals surface area contributed by atoms with E-state index in [1.807, 2.05) is 6.92 Å². The summed E-state index contributed by atoms with van der Waals surface area (Å²) in [7, 11) is 1.63. The SMILES string of the molecule is CCC(OC)n1cccc1O. The Morgan fingerprint density at radius 2 is 2.45 bits per heavy atom. The lowest BCUT2D eigenvalue weighted by atomic mass is 10.4. The predicted molar refractivity (Wildman–Crippen MR) is 42.4 cm³/mol. The number of hydrogen-bond acceptors (Lipinski definition) is 2. The van der Waals surface area contributed by atoms with Crippen molar-refractivity contribution >= 4 is 0 Å². The summed E-state index contributed by atoms with van der Waals surface area (Å²) in [4.78, 5) is 0. The smallest absolute Gasteiger partial charge is 0.193 e. The Bertz CT molecular complexity index is 216. The van der Waals surface area contributed by atoms with E-state index in [4.69, 9.17) is 4.74 Å². The van der Waals surface area contributed by atoms with Crippen LogP contribution in [0.15, 0.2) is 18.3 Å². The molecule has 1 unspecified atom stereocenters. The minimum absolute atomic E-state index is 0.0509. The van der Waals surface area contributed by atoms with Crippen molar-refractivity contribution in [2.45, 2.75) is 19.6 Å². The monoisotopic (exact) mass is 155 g/mol. The highest BCUT2D eigenvalue weighted by Gasteiger charge is 2.08. The lowest BCUT2D eigenvalue weighted by Crippen LogP contribution is -2.07. The van der Waals surface area contributed by atoms with Gasteiger partial charge in [-0.2, -0.15) is 0 Å². The van der Waals surface area contributed by atoms with Gasteiger partial charge in [-0.25, -0.2) is 0 Å². The average molecular weight is 155 g/mol. The molecular weight excluding hydrogens is 142 g/mol. The van der Waals surface area contributed by atoms with Crippen LogP contribution in [0.2, 0.25) is 0 Å². The van der Waals surface area contributed by atoms with Crippen molar-refractivity contribution in [2.75, 3.05) is 7.11 Å². The van der Waals surface area contributed by atoms with Crippen LogP contribution in [0.4, 0.5) is 0 Å². The van der Waals surface area contributed by atoms with E-state index in [2.05, 4.69) is 0 Å². The van der Waals surface area contributed by atoms with Gasteiger partial charge in [-0.1, -0.05) is 6.92 Å². The summed E-state index contributed by atoms with van der Waals surface area (Å²) in [5, 5.41) is 9.27. The van der Waals surface area contributed by atoms with E-state index >= 15 is 0 Å². The van der Waals surface area contributed by atoms with Gasteiger partial charge in [-0.15, -0.1) is 0 Å². The molecule has 1 atom stereocenters. The van der Waals surface area contributed by atoms with Crippen LogP contribution in [0.1, 0.15) is 19.6 Å². The molecule has 3 heteroatoms. The van der Waals surface area contributed by atoms with Crippen LogP contribution in [0, 0.1) is 0 Å². The van der Waals surface area contributed by atoms with E-state index in [1.165, 1.54) is 0 Å². The number of aromatic hydroxyl groups is 1. The first kappa shape index (κ1) is 8.14. The molecule has 0 aliphatic heterocycles. The summed E-state index contributed by atoms with van der Waals surface area (Å²) in [5.41, 5.74) is 0. The van der Waals surface area contributed by atoms with E-state index in [0.717, 1.165) is 6.42 Å². The fourth-order valence-corrected chi connectivity index (χ4v) is 1.10. The van der Waals surface area contributed by atoms with Gasteiger partial charge in [0.25, 0.3) is 0 Å². The normalized spacial score (nSPS) is 13.3. The van der Waals surface area contributed by atoms with Gasteiger partial charge < -0.3 is 9.84 Å². The standard InChI is InChI=1S/C8H13NO2/c1-3-8(11-2)9-6-4-5-7(9)10/h4-6,8,10H,3H2,1-2H3. The molecule has 0 amide bonds. The highest BCUT2D eigenvalue weighted by atomic mass is 16.5. The van der Waals surface area contributed by atoms with E-state index < -0.39 is 0 Å². The van der Waals surface area contributed by atoms with Crippen LogP contribution in [-0.4, -0.2) is 16.8 Å². The van der Waals surface area contributed by atoms with Crippen molar-refractivity contribution in [1.82, 2.24) is 4.57 Å². The van der Waals surface area contributed by atoms with Crippen LogP contribution < -0.4 is 0 Å². The second kappa shape index (κ2) is 3.44. The number of aromatic nitrogens is 1. The molecule has 0 saturated heterocycles. The Balaban J connectivity index is 2.81. The predicted octanol–water partition coefficient (Wildman–Crippen LogP) is 1.75. The first-order valence-electron chi connectivity index (χ1n) is 3.68. The molecule has 0 bridgehead atoms. The molecule has 0 aromatic carbocycles. The van der Waals surface area contributed by atoms with Gasteiger partial charge >= 0.3 is 0 Å². The number of hydrogen-bond donors (Lipinski definition) is 1. The van der Waals surface area contributed by atoms with Crippen LogP contribution in [0.25, 0.3) is 0 Å². The fraction of sp³-hybridized carbons (Fsp3) is 0.500. The fourth-order valence-electron chi connectivity index (χ4n) is 1.10. The molecule has 1 aromatic rings. The zero-order valence-electron chi connectivity index (χ0n) is 6.82. The third-order valence-corrected chi connectivity index (χ3v) is 1.69. The van der Waals surface area contributed by atoms with Crippen molar-refractivity contribution in [2.24, 2.45) is 0 Å². The van der Waals surface area contributed by atoms with Crippen molar-refractivity contribution < 1.29 is 9.84 Å². The van der Waals surface area contributed by atoms with E-state index in [1.54, 1.807) is 30.0 Å². The summed E-state index contributed by atoms with van der Waals surface area (Å²) in [6, 6.07) is 3.43.